The molecule has 0 unspecified atom stereocenters. The SMILES string of the molecule is COC[C@@H]1CCCN1C[C@@H]1O[C@H](c2ccc(CNC(=O)N[C@@H](Cc3ccccc3)C(=O)OC)cc2)O[C@H](c2ccc(CO)cc2)[C@@H]1C. The van der Waals surface area contributed by atoms with E-state index >= 15 is 0 Å². The number of likely N-dealkylation sites (tertiary alicyclic amines) is 1. The quantitative estimate of drug-likeness (QED) is 0.230. The summed E-state index contributed by atoms with van der Waals surface area (Å²) in [6, 6.07) is 24.3. The minimum atomic E-state index is -0.807. The highest BCUT2D eigenvalue weighted by Crippen LogP contribution is 2.42. The Kier molecular flexibility index (Phi) is 12.4. The van der Waals surface area contributed by atoms with E-state index in [0.29, 0.717) is 19.1 Å². The lowest BCUT2D eigenvalue weighted by atomic mass is 9.90. The smallest absolute Gasteiger partial charge is 0.328 e. The molecule has 3 aromatic rings. The van der Waals surface area contributed by atoms with Gasteiger partial charge in [0, 0.05) is 44.1 Å². The number of aliphatic hydroxyl groups excluding tert-OH is 1. The molecular weight excluding hydrogens is 598 g/mol. The average molecular weight is 646 g/mol. The highest BCUT2D eigenvalue weighted by atomic mass is 16.7. The largest absolute Gasteiger partial charge is 0.467 e. The summed E-state index contributed by atoms with van der Waals surface area (Å²) >= 11 is 0. The molecule has 252 valence electrons. The number of amides is 2. The van der Waals surface area contributed by atoms with Gasteiger partial charge >= 0.3 is 12.0 Å². The topological polar surface area (TPSA) is 119 Å². The van der Waals surface area contributed by atoms with E-state index < -0.39 is 24.3 Å². The second-order valence-electron chi connectivity index (χ2n) is 12.4. The van der Waals surface area contributed by atoms with Gasteiger partial charge in [-0.05, 0) is 41.6 Å². The number of benzene rings is 3. The van der Waals surface area contributed by atoms with E-state index in [1.54, 1.807) is 7.11 Å². The molecule has 0 spiro atoms. The second kappa shape index (κ2) is 16.9. The monoisotopic (exact) mass is 645 g/mol. The van der Waals surface area contributed by atoms with Crippen molar-refractivity contribution < 1.29 is 33.6 Å². The van der Waals surface area contributed by atoms with E-state index in [9.17, 15) is 14.7 Å². The van der Waals surface area contributed by atoms with Gasteiger partial charge in [-0.25, -0.2) is 9.59 Å². The summed E-state index contributed by atoms with van der Waals surface area (Å²) in [5.74, 6) is -0.414. The predicted molar refractivity (Wildman–Crippen MR) is 177 cm³/mol. The van der Waals surface area contributed by atoms with Gasteiger partial charge in [-0.1, -0.05) is 85.8 Å². The van der Waals surface area contributed by atoms with E-state index in [-0.39, 0.29) is 31.3 Å². The highest BCUT2D eigenvalue weighted by Gasteiger charge is 2.40. The third kappa shape index (κ3) is 9.18. The van der Waals surface area contributed by atoms with Gasteiger partial charge in [-0.2, -0.15) is 0 Å². The first-order chi connectivity index (χ1) is 22.9. The van der Waals surface area contributed by atoms with Gasteiger partial charge in [0.15, 0.2) is 6.29 Å². The van der Waals surface area contributed by atoms with Crippen LogP contribution in [0.4, 0.5) is 4.79 Å². The lowest BCUT2D eigenvalue weighted by Crippen LogP contribution is -2.47. The number of urea groups is 1. The summed E-state index contributed by atoms with van der Waals surface area (Å²) in [5, 5.41) is 15.1. The van der Waals surface area contributed by atoms with Gasteiger partial charge in [0.25, 0.3) is 0 Å². The van der Waals surface area contributed by atoms with Crippen molar-refractivity contribution in [1.82, 2.24) is 15.5 Å². The maximum Gasteiger partial charge on any atom is 0.328 e. The zero-order chi connectivity index (χ0) is 33.2. The Morgan fingerprint density at radius 2 is 1.64 bits per heavy atom. The molecule has 6 atom stereocenters. The molecule has 3 aromatic carbocycles. The van der Waals surface area contributed by atoms with Crippen LogP contribution in [0.1, 0.15) is 60.0 Å². The molecule has 10 nitrogen and oxygen atoms in total. The van der Waals surface area contributed by atoms with Crippen LogP contribution in [0.2, 0.25) is 0 Å². The van der Waals surface area contributed by atoms with Crippen LogP contribution in [0.25, 0.3) is 0 Å². The van der Waals surface area contributed by atoms with Gasteiger partial charge in [-0.15, -0.1) is 0 Å². The summed E-state index contributed by atoms with van der Waals surface area (Å²) in [4.78, 5) is 27.6. The first-order valence-electron chi connectivity index (χ1n) is 16.4. The number of hydrogen-bond acceptors (Lipinski definition) is 8. The Morgan fingerprint density at radius 1 is 0.936 bits per heavy atom. The number of esters is 1. The van der Waals surface area contributed by atoms with Crippen LogP contribution in [0.5, 0.6) is 0 Å². The second-order valence-corrected chi connectivity index (χ2v) is 12.4. The van der Waals surface area contributed by atoms with Crippen LogP contribution in [-0.4, -0.2) is 74.1 Å². The summed E-state index contributed by atoms with van der Waals surface area (Å²) in [5.41, 5.74) is 4.60. The fourth-order valence-electron chi connectivity index (χ4n) is 6.45. The van der Waals surface area contributed by atoms with Crippen molar-refractivity contribution in [2.24, 2.45) is 5.92 Å². The van der Waals surface area contributed by atoms with Crippen LogP contribution in [0.3, 0.4) is 0 Å². The Hall–Kier alpha value is -3.80. The number of rotatable bonds is 13. The summed E-state index contributed by atoms with van der Waals surface area (Å²) in [6.07, 6.45) is 1.74. The molecule has 2 aliphatic rings. The van der Waals surface area contributed by atoms with Crippen molar-refractivity contribution in [2.75, 3.05) is 33.9 Å². The average Bonchev–Trinajstić information content (AvgIpc) is 3.54. The fraction of sp³-hybridized carbons (Fsp3) is 0.459. The maximum atomic E-state index is 12.7. The molecule has 2 aliphatic heterocycles. The van der Waals surface area contributed by atoms with Gasteiger partial charge in [0.2, 0.25) is 0 Å². The van der Waals surface area contributed by atoms with Gasteiger partial charge in [0.1, 0.15) is 6.04 Å². The first kappa shape index (κ1) is 34.5. The Bertz CT molecular complexity index is 1420. The van der Waals surface area contributed by atoms with Crippen LogP contribution in [0, 0.1) is 5.92 Å². The van der Waals surface area contributed by atoms with Crippen molar-refractivity contribution in [3.05, 3.63) is 107 Å². The molecule has 0 bridgehead atoms. The third-order valence-corrected chi connectivity index (χ3v) is 9.17. The Morgan fingerprint density at radius 3 is 2.32 bits per heavy atom. The molecule has 3 N–H and O–H groups in total. The van der Waals surface area contributed by atoms with Gasteiger partial charge < -0.3 is 34.7 Å². The Labute approximate surface area is 277 Å². The molecule has 10 heteroatoms. The molecule has 0 aromatic heterocycles. The third-order valence-electron chi connectivity index (χ3n) is 9.17. The highest BCUT2D eigenvalue weighted by molar-refractivity contribution is 5.83. The van der Waals surface area contributed by atoms with Crippen molar-refractivity contribution in [3.63, 3.8) is 0 Å². The van der Waals surface area contributed by atoms with E-state index in [1.807, 2.05) is 78.9 Å². The molecule has 5 rings (SSSR count). The summed E-state index contributed by atoms with van der Waals surface area (Å²) < 4.78 is 23.7. The predicted octanol–water partition coefficient (Wildman–Crippen LogP) is 4.66. The van der Waals surface area contributed by atoms with E-state index in [4.69, 9.17) is 18.9 Å². The number of nitrogens with zero attached hydrogens (tertiary/aromatic N) is 1. The molecule has 0 radical (unpaired) electrons. The van der Waals surface area contributed by atoms with E-state index in [0.717, 1.165) is 53.7 Å². The van der Waals surface area contributed by atoms with Gasteiger partial charge in [-0.3, -0.25) is 4.90 Å². The van der Waals surface area contributed by atoms with Crippen LogP contribution in [-0.2, 0) is 43.3 Å². The maximum absolute atomic E-state index is 12.7. The fourth-order valence-corrected chi connectivity index (χ4v) is 6.45. The molecule has 2 saturated heterocycles. The van der Waals surface area contributed by atoms with Crippen molar-refractivity contribution >= 4 is 12.0 Å². The van der Waals surface area contributed by atoms with Crippen LogP contribution >= 0.6 is 0 Å². The normalized spacial score (nSPS) is 23.6. The molecule has 47 heavy (non-hydrogen) atoms. The minimum Gasteiger partial charge on any atom is -0.467 e. The molecule has 2 fully saturated rings. The molecular formula is C37H47N3O7. The van der Waals surface area contributed by atoms with Gasteiger partial charge in [0.05, 0.1) is 32.5 Å². The summed E-state index contributed by atoms with van der Waals surface area (Å²) in [6.45, 7) is 4.95. The number of hydrogen-bond donors (Lipinski definition) is 3. The van der Waals surface area contributed by atoms with E-state index in [2.05, 4.69) is 22.5 Å². The van der Waals surface area contributed by atoms with Crippen molar-refractivity contribution in [1.29, 1.82) is 0 Å². The molecule has 2 amide bonds. The zero-order valence-corrected chi connectivity index (χ0v) is 27.5. The number of aliphatic hydroxyl groups is 1. The van der Waals surface area contributed by atoms with Crippen LogP contribution < -0.4 is 10.6 Å². The first-order valence-corrected chi connectivity index (χ1v) is 16.4. The standard InChI is InChI=1S/C37H47N3O7/c1-25-33(22-40-19-7-10-31(40)24-44-2)46-36(47-34(25)29-15-13-28(23-41)14-16-29)30-17-11-27(12-18-30)21-38-37(43)39-32(35(42)45-3)20-26-8-5-4-6-9-26/h4-6,8-9,11-18,25,31-34,36,41H,7,10,19-24H2,1-3H3,(H2,38,39,43)/t25-,31+,32+,33+,34+,36+/m1/s1. The van der Waals surface area contributed by atoms with Crippen molar-refractivity contribution in [3.8, 4) is 0 Å². The number of methoxy groups -OCH3 is 2. The lowest BCUT2D eigenvalue weighted by Gasteiger charge is -2.43. The minimum absolute atomic E-state index is 0.00597. The summed E-state index contributed by atoms with van der Waals surface area (Å²) in [7, 11) is 3.06. The van der Waals surface area contributed by atoms with E-state index in [1.165, 1.54) is 7.11 Å². The Balaban J connectivity index is 1.24. The number of carbonyl (C=O) groups excluding carboxylic acids is 2. The zero-order valence-electron chi connectivity index (χ0n) is 27.5. The van der Waals surface area contributed by atoms with Crippen LogP contribution in [0.15, 0.2) is 78.9 Å². The number of carbonyl (C=O) groups is 2. The molecule has 0 aliphatic carbocycles. The molecule has 0 saturated carbocycles. The molecule has 2 heterocycles. The number of nitrogens with one attached hydrogen (secondary N) is 2. The lowest BCUT2D eigenvalue weighted by molar-refractivity contribution is -0.276. The number of ether oxygens (including phenoxy) is 4. The van der Waals surface area contributed by atoms with Crippen molar-refractivity contribution in [2.45, 2.75) is 69.9 Å².